The van der Waals surface area contributed by atoms with Crippen LogP contribution in [-0.2, 0) is 11.2 Å². The van der Waals surface area contributed by atoms with Gasteiger partial charge in [-0.25, -0.2) is 4.79 Å². The number of fused-ring (bicyclic) bond motifs is 1. The number of carbonyl (C=O) groups excluding carboxylic acids is 1. The molecule has 0 unspecified atom stereocenters. The van der Waals surface area contributed by atoms with E-state index in [-0.39, 0.29) is 23.7 Å². The Bertz CT molecular complexity index is 802. The number of hydrogen-bond acceptors (Lipinski definition) is 5. The van der Waals surface area contributed by atoms with Crippen molar-refractivity contribution in [2.45, 2.75) is 26.2 Å². The number of aromatic hydroxyl groups is 2. The molecule has 0 atom stereocenters. The third kappa shape index (κ3) is 2.30. The Balaban J connectivity index is 2.05. The molecule has 1 aliphatic heterocycles. The highest BCUT2D eigenvalue weighted by atomic mass is 16.4. The van der Waals surface area contributed by atoms with E-state index in [9.17, 15) is 19.8 Å². The number of likely N-dealkylation sites (tertiary alicyclic amines) is 1. The lowest BCUT2D eigenvalue weighted by Gasteiger charge is -2.16. The number of aryl methyl sites for hydroxylation is 1. The summed E-state index contributed by atoms with van der Waals surface area (Å²) in [6.45, 7) is 3.17. The van der Waals surface area contributed by atoms with Crippen LogP contribution in [-0.4, -0.2) is 34.1 Å². The minimum atomic E-state index is -0.654. The quantitative estimate of drug-likeness (QED) is 0.650. The predicted octanol–water partition coefficient (Wildman–Crippen LogP) is 1.68. The van der Waals surface area contributed by atoms with E-state index in [2.05, 4.69) is 0 Å². The highest BCUT2D eigenvalue weighted by molar-refractivity contribution is 5.89. The van der Waals surface area contributed by atoms with Crippen molar-refractivity contribution in [3.8, 4) is 11.5 Å². The fourth-order valence-corrected chi connectivity index (χ4v) is 2.86. The summed E-state index contributed by atoms with van der Waals surface area (Å²) in [6.07, 6.45) is 1.97. The summed E-state index contributed by atoms with van der Waals surface area (Å²) >= 11 is 0. The average molecular weight is 303 g/mol. The van der Waals surface area contributed by atoms with Gasteiger partial charge in [0, 0.05) is 18.5 Å². The van der Waals surface area contributed by atoms with Crippen LogP contribution < -0.4 is 5.63 Å². The van der Waals surface area contributed by atoms with Crippen LogP contribution in [0.2, 0.25) is 0 Å². The first-order valence-electron chi connectivity index (χ1n) is 7.24. The molecule has 2 heterocycles. The minimum absolute atomic E-state index is 0.00819. The van der Waals surface area contributed by atoms with E-state index < -0.39 is 11.4 Å². The number of phenols is 2. The van der Waals surface area contributed by atoms with Gasteiger partial charge in [-0.15, -0.1) is 0 Å². The van der Waals surface area contributed by atoms with Crippen molar-refractivity contribution in [1.29, 1.82) is 0 Å². The molecule has 22 heavy (non-hydrogen) atoms. The molecule has 0 bridgehead atoms. The largest absolute Gasteiger partial charge is 0.504 e. The van der Waals surface area contributed by atoms with Gasteiger partial charge >= 0.3 is 5.63 Å². The third-order valence-corrected chi connectivity index (χ3v) is 4.19. The van der Waals surface area contributed by atoms with Crippen LogP contribution in [0, 0.1) is 6.92 Å². The van der Waals surface area contributed by atoms with Crippen LogP contribution in [0.5, 0.6) is 11.5 Å². The number of phenolic OH excluding ortho intramolecular Hbond substituents is 2. The van der Waals surface area contributed by atoms with Gasteiger partial charge in [-0.1, -0.05) is 0 Å². The Labute approximate surface area is 126 Å². The van der Waals surface area contributed by atoms with Crippen molar-refractivity contribution in [2.75, 3.05) is 13.1 Å². The monoisotopic (exact) mass is 303 g/mol. The van der Waals surface area contributed by atoms with Gasteiger partial charge in [0.05, 0.1) is 12.0 Å². The Morgan fingerprint density at radius 2 is 1.95 bits per heavy atom. The second kappa shape index (κ2) is 5.36. The summed E-state index contributed by atoms with van der Waals surface area (Å²) < 4.78 is 5.11. The molecule has 0 saturated carbocycles. The number of nitrogens with zero attached hydrogens (tertiary/aromatic N) is 1. The molecule has 3 rings (SSSR count). The van der Waals surface area contributed by atoms with Crippen molar-refractivity contribution in [3.05, 3.63) is 33.7 Å². The van der Waals surface area contributed by atoms with E-state index in [4.69, 9.17) is 4.42 Å². The lowest BCUT2D eigenvalue weighted by atomic mass is 10.0. The fourth-order valence-electron chi connectivity index (χ4n) is 2.86. The van der Waals surface area contributed by atoms with Crippen molar-refractivity contribution in [2.24, 2.45) is 0 Å². The maximum atomic E-state index is 12.2. The Kier molecular flexibility index (Phi) is 3.52. The average Bonchev–Trinajstić information content (AvgIpc) is 3.02. The van der Waals surface area contributed by atoms with Gasteiger partial charge in [0.1, 0.15) is 0 Å². The van der Waals surface area contributed by atoms with E-state index in [0.717, 1.165) is 25.9 Å². The van der Waals surface area contributed by atoms with Crippen LogP contribution in [0.15, 0.2) is 21.3 Å². The van der Waals surface area contributed by atoms with Gasteiger partial charge in [0.15, 0.2) is 11.3 Å². The smallest absolute Gasteiger partial charge is 0.340 e. The van der Waals surface area contributed by atoms with Crippen LogP contribution in [0.4, 0.5) is 0 Å². The summed E-state index contributed by atoms with van der Waals surface area (Å²) in [4.78, 5) is 26.1. The van der Waals surface area contributed by atoms with Crippen LogP contribution in [0.25, 0.3) is 11.0 Å². The van der Waals surface area contributed by atoms with Gasteiger partial charge in [-0.2, -0.15) is 0 Å². The zero-order valence-corrected chi connectivity index (χ0v) is 12.3. The highest BCUT2D eigenvalue weighted by Crippen LogP contribution is 2.34. The highest BCUT2D eigenvalue weighted by Gasteiger charge is 2.22. The summed E-state index contributed by atoms with van der Waals surface area (Å²) in [6, 6.07) is 2.89. The van der Waals surface area contributed by atoms with Crippen LogP contribution in [0.3, 0.4) is 0 Å². The van der Waals surface area contributed by atoms with Crippen molar-refractivity contribution in [3.63, 3.8) is 0 Å². The van der Waals surface area contributed by atoms with Gasteiger partial charge in [-0.05, 0) is 37.5 Å². The number of amides is 1. The lowest BCUT2D eigenvalue weighted by Crippen LogP contribution is -2.31. The molecule has 1 aliphatic rings. The molecule has 0 aliphatic carbocycles. The minimum Gasteiger partial charge on any atom is -0.504 e. The van der Waals surface area contributed by atoms with Gasteiger partial charge in [0.2, 0.25) is 11.7 Å². The predicted molar refractivity (Wildman–Crippen MR) is 80.1 cm³/mol. The lowest BCUT2D eigenvalue weighted by molar-refractivity contribution is -0.129. The van der Waals surface area contributed by atoms with Crippen molar-refractivity contribution in [1.82, 2.24) is 4.90 Å². The number of hydrogen-bond donors (Lipinski definition) is 2. The molecule has 6 nitrogen and oxygen atoms in total. The molecule has 2 aromatic rings. The number of rotatable bonds is 2. The van der Waals surface area contributed by atoms with Crippen LogP contribution >= 0.6 is 0 Å². The molecule has 1 amide bonds. The zero-order chi connectivity index (χ0) is 15.9. The van der Waals surface area contributed by atoms with E-state index in [1.807, 2.05) is 0 Å². The normalized spacial score (nSPS) is 14.7. The third-order valence-electron chi connectivity index (χ3n) is 4.19. The number of carbonyl (C=O) groups is 1. The molecule has 0 radical (unpaired) electrons. The SMILES string of the molecule is Cc1c(CC(=O)N2CCCC2)c(=O)oc2c(O)c(O)ccc12. The first kappa shape index (κ1) is 14.4. The standard InChI is InChI=1S/C16H17NO5/c1-9-10-4-5-12(18)14(20)15(10)22-16(21)11(9)8-13(19)17-6-2-3-7-17/h4-5,18,20H,2-3,6-8H2,1H3. The van der Waals surface area contributed by atoms with E-state index >= 15 is 0 Å². The number of benzene rings is 1. The molecule has 2 N–H and O–H groups in total. The molecule has 1 fully saturated rings. The molecule has 1 saturated heterocycles. The molecular weight excluding hydrogens is 286 g/mol. The summed E-state index contributed by atoms with van der Waals surface area (Å²) in [5, 5.41) is 19.8. The van der Waals surface area contributed by atoms with Crippen LogP contribution in [0.1, 0.15) is 24.0 Å². The maximum absolute atomic E-state index is 12.2. The topological polar surface area (TPSA) is 91.0 Å². The molecule has 6 heteroatoms. The molecule has 0 spiro atoms. The summed E-state index contributed by atoms with van der Waals surface area (Å²) in [5.41, 5.74) is 0.182. The fraction of sp³-hybridized carbons (Fsp3) is 0.375. The first-order valence-corrected chi connectivity index (χ1v) is 7.24. The second-order valence-corrected chi connectivity index (χ2v) is 5.57. The first-order chi connectivity index (χ1) is 10.5. The second-order valence-electron chi connectivity index (χ2n) is 5.57. The van der Waals surface area contributed by atoms with E-state index in [1.54, 1.807) is 17.9 Å². The molecule has 1 aromatic carbocycles. The Morgan fingerprint density at radius 1 is 1.27 bits per heavy atom. The Morgan fingerprint density at radius 3 is 2.64 bits per heavy atom. The molecule has 116 valence electrons. The van der Waals surface area contributed by atoms with Gasteiger partial charge < -0.3 is 19.5 Å². The summed E-state index contributed by atoms with van der Waals surface area (Å²) in [7, 11) is 0. The van der Waals surface area contributed by atoms with Gasteiger partial charge in [-0.3, -0.25) is 4.79 Å². The molecular formula is C16H17NO5. The van der Waals surface area contributed by atoms with Gasteiger partial charge in [0.25, 0.3) is 0 Å². The van der Waals surface area contributed by atoms with E-state index in [0.29, 0.717) is 16.5 Å². The zero-order valence-electron chi connectivity index (χ0n) is 12.3. The summed E-state index contributed by atoms with van der Waals surface area (Å²) in [5.74, 6) is -0.902. The molecule has 1 aromatic heterocycles. The van der Waals surface area contributed by atoms with Crippen molar-refractivity contribution < 1.29 is 19.4 Å². The van der Waals surface area contributed by atoms with E-state index in [1.165, 1.54) is 6.07 Å². The Hall–Kier alpha value is -2.50. The van der Waals surface area contributed by atoms with Crippen molar-refractivity contribution >= 4 is 16.9 Å². The maximum Gasteiger partial charge on any atom is 0.340 e.